The van der Waals surface area contributed by atoms with Gasteiger partial charge in [0, 0.05) is 30.1 Å². The third-order valence-electron chi connectivity index (χ3n) is 2.53. The predicted octanol–water partition coefficient (Wildman–Crippen LogP) is 3.14. The predicted molar refractivity (Wildman–Crippen MR) is 77.6 cm³/mol. The Balaban J connectivity index is 2.39. The summed E-state index contributed by atoms with van der Waals surface area (Å²) >= 11 is 2.04. The molecule has 0 aliphatic carbocycles. The van der Waals surface area contributed by atoms with E-state index in [1.165, 1.54) is 30.0 Å². The Kier molecular flexibility index (Phi) is 8.10. The van der Waals surface area contributed by atoms with Gasteiger partial charge in [0.2, 0.25) is 0 Å². The van der Waals surface area contributed by atoms with Crippen LogP contribution in [-0.2, 0) is 6.42 Å². The highest BCUT2D eigenvalue weighted by molar-refractivity contribution is 7.99. The van der Waals surface area contributed by atoms with E-state index in [-0.39, 0.29) is 0 Å². The Bertz CT molecular complexity index is 277. The fourth-order valence-corrected chi connectivity index (χ4v) is 2.66. The Hall–Kier alpha value is -0.540. The van der Waals surface area contributed by atoms with Gasteiger partial charge in [-0.3, -0.25) is 4.98 Å². The maximum atomic E-state index is 4.41. The van der Waals surface area contributed by atoms with Crippen LogP contribution in [0, 0.1) is 0 Å². The second kappa shape index (κ2) is 9.49. The van der Waals surface area contributed by atoms with Crippen LogP contribution in [0.1, 0.15) is 32.4 Å². The van der Waals surface area contributed by atoms with Gasteiger partial charge in [-0.1, -0.05) is 19.9 Å². The molecule has 0 amide bonds. The number of nitrogens with one attached hydrogen (secondary N) is 1. The van der Waals surface area contributed by atoms with Crippen molar-refractivity contribution in [3.8, 4) is 0 Å². The van der Waals surface area contributed by atoms with Crippen molar-refractivity contribution >= 4 is 11.8 Å². The number of rotatable bonds is 9. The molecule has 0 spiro atoms. The summed E-state index contributed by atoms with van der Waals surface area (Å²) < 4.78 is 0. The summed E-state index contributed by atoms with van der Waals surface area (Å²) in [6.07, 6.45) is 5.37. The Labute approximate surface area is 110 Å². The molecule has 1 aromatic heterocycles. The van der Waals surface area contributed by atoms with E-state index in [1.54, 1.807) is 0 Å². The molecule has 1 aromatic rings. The number of hydrogen-bond acceptors (Lipinski definition) is 3. The van der Waals surface area contributed by atoms with Gasteiger partial charge in [0.15, 0.2) is 0 Å². The first-order valence-electron chi connectivity index (χ1n) is 6.57. The van der Waals surface area contributed by atoms with Crippen molar-refractivity contribution in [2.75, 3.05) is 18.1 Å². The summed E-state index contributed by atoms with van der Waals surface area (Å²) in [5.41, 5.74) is 1.19. The van der Waals surface area contributed by atoms with E-state index in [4.69, 9.17) is 0 Å². The van der Waals surface area contributed by atoms with Gasteiger partial charge in [0.1, 0.15) is 0 Å². The molecule has 1 rings (SSSR count). The van der Waals surface area contributed by atoms with E-state index in [9.17, 15) is 0 Å². The SMILES string of the molecule is CCCNC(CSCCC)Cc1ccccn1. The molecule has 1 heterocycles. The number of nitrogens with zero attached hydrogens (tertiary/aromatic N) is 1. The van der Waals surface area contributed by atoms with Gasteiger partial charge in [-0.05, 0) is 37.3 Å². The summed E-state index contributed by atoms with van der Waals surface area (Å²) in [7, 11) is 0. The maximum Gasteiger partial charge on any atom is 0.0419 e. The van der Waals surface area contributed by atoms with E-state index in [0.717, 1.165) is 13.0 Å². The molecule has 1 N–H and O–H groups in total. The van der Waals surface area contributed by atoms with Gasteiger partial charge in [0.25, 0.3) is 0 Å². The van der Waals surface area contributed by atoms with Crippen LogP contribution in [0.25, 0.3) is 0 Å². The average Bonchev–Trinajstić information content (AvgIpc) is 2.37. The fourth-order valence-electron chi connectivity index (χ4n) is 1.68. The van der Waals surface area contributed by atoms with Crippen molar-refractivity contribution < 1.29 is 0 Å². The first kappa shape index (κ1) is 14.5. The lowest BCUT2D eigenvalue weighted by Crippen LogP contribution is -2.34. The second-order valence-electron chi connectivity index (χ2n) is 4.25. The molecule has 0 radical (unpaired) electrons. The second-order valence-corrected chi connectivity index (χ2v) is 5.40. The van der Waals surface area contributed by atoms with Crippen LogP contribution in [0.3, 0.4) is 0 Å². The minimum absolute atomic E-state index is 0.557. The molecule has 17 heavy (non-hydrogen) atoms. The Morgan fingerprint density at radius 1 is 1.29 bits per heavy atom. The van der Waals surface area contributed by atoms with Gasteiger partial charge >= 0.3 is 0 Å². The van der Waals surface area contributed by atoms with Crippen molar-refractivity contribution in [3.05, 3.63) is 30.1 Å². The zero-order valence-corrected chi connectivity index (χ0v) is 11.8. The molecule has 0 bridgehead atoms. The largest absolute Gasteiger partial charge is 0.313 e. The third kappa shape index (κ3) is 6.69. The minimum atomic E-state index is 0.557. The molecule has 1 unspecified atom stereocenters. The highest BCUT2D eigenvalue weighted by Crippen LogP contribution is 2.08. The van der Waals surface area contributed by atoms with Crippen molar-refractivity contribution in [3.63, 3.8) is 0 Å². The summed E-state index contributed by atoms with van der Waals surface area (Å²) in [6.45, 7) is 5.55. The van der Waals surface area contributed by atoms with Crippen LogP contribution in [0.4, 0.5) is 0 Å². The Morgan fingerprint density at radius 2 is 2.18 bits per heavy atom. The smallest absolute Gasteiger partial charge is 0.0419 e. The van der Waals surface area contributed by atoms with Crippen LogP contribution in [0.5, 0.6) is 0 Å². The molecule has 0 saturated carbocycles. The molecule has 3 heteroatoms. The van der Waals surface area contributed by atoms with Gasteiger partial charge in [0.05, 0.1) is 0 Å². The standard InChI is InChI=1S/C14H24N2S/c1-3-8-15-14(12-17-10-4-2)11-13-7-5-6-9-16-13/h5-7,9,14-15H,3-4,8,10-12H2,1-2H3. The van der Waals surface area contributed by atoms with Gasteiger partial charge < -0.3 is 5.32 Å². The van der Waals surface area contributed by atoms with Crippen LogP contribution >= 0.6 is 11.8 Å². The van der Waals surface area contributed by atoms with E-state index in [2.05, 4.69) is 36.3 Å². The zero-order valence-electron chi connectivity index (χ0n) is 11.0. The van der Waals surface area contributed by atoms with Crippen LogP contribution in [0.15, 0.2) is 24.4 Å². The monoisotopic (exact) mass is 252 g/mol. The molecule has 0 aliphatic heterocycles. The summed E-state index contributed by atoms with van der Waals surface area (Å²) in [5, 5.41) is 3.62. The number of thioether (sulfide) groups is 1. The quantitative estimate of drug-likeness (QED) is 0.684. The number of aromatic nitrogens is 1. The molecule has 0 aliphatic rings. The number of pyridine rings is 1. The van der Waals surface area contributed by atoms with Crippen molar-refractivity contribution in [1.29, 1.82) is 0 Å². The topological polar surface area (TPSA) is 24.9 Å². The highest BCUT2D eigenvalue weighted by Gasteiger charge is 2.09. The van der Waals surface area contributed by atoms with Crippen molar-refractivity contribution in [2.45, 2.75) is 39.2 Å². The van der Waals surface area contributed by atoms with Crippen LogP contribution in [0.2, 0.25) is 0 Å². The summed E-state index contributed by atoms with van der Waals surface area (Å²) in [5.74, 6) is 2.44. The first-order chi connectivity index (χ1) is 8.36. The Morgan fingerprint density at radius 3 is 2.82 bits per heavy atom. The average molecular weight is 252 g/mol. The molecule has 1 atom stereocenters. The molecule has 0 fully saturated rings. The first-order valence-corrected chi connectivity index (χ1v) is 7.73. The van der Waals surface area contributed by atoms with E-state index >= 15 is 0 Å². The molecule has 0 saturated heterocycles. The van der Waals surface area contributed by atoms with Crippen LogP contribution in [-0.4, -0.2) is 29.1 Å². The molecular formula is C14H24N2S. The van der Waals surface area contributed by atoms with E-state index in [0.29, 0.717) is 6.04 Å². The number of hydrogen-bond donors (Lipinski definition) is 1. The summed E-state index contributed by atoms with van der Waals surface area (Å²) in [6, 6.07) is 6.72. The lowest BCUT2D eigenvalue weighted by molar-refractivity contribution is 0.545. The normalized spacial score (nSPS) is 12.6. The maximum absolute atomic E-state index is 4.41. The minimum Gasteiger partial charge on any atom is -0.313 e. The third-order valence-corrected chi connectivity index (χ3v) is 3.87. The summed E-state index contributed by atoms with van der Waals surface area (Å²) in [4.78, 5) is 4.41. The molecule has 96 valence electrons. The van der Waals surface area contributed by atoms with Gasteiger partial charge in [-0.25, -0.2) is 0 Å². The van der Waals surface area contributed by atoms with Gasteiger partial charge in [-0.15, -0.1) is 0 Å². The molecule has 2 nitrogen and oxygen atoms in total. The lowest BCUT2D eigenvalue weighted by Gasteiger charge is -2.17. The van der Waals surface area contributed by atoms with Gasteiger partial charge in [-0.2, -0.15) is 11.8 Å². The zero-order chi connectivity index (χ0) is 12.3. The van der Waals surface area contributed by atoms with Crippen molar-refractivity contribution in [1.82, 2.24) is 10.3 Å². The highest BCUT2D eigenvalue weighted by atomic mass is 32.2. The van der Waals surface area contributed by atoms with Crippen molar-refractivity contribution in [2.24, 2.45) is 0 Å². The molecule has 0 aromatic carbocycles. The fraction of sp³-hybridized carbons (Fsp3) is 0.643. The van der Waals surface area contributed by atoms with E-state index < -0.39 is 0 Å². The van der Waals surface area contributed by atoms with E-state index in [1.807, 2.05) is 24.0 Å². The van der Waals surface area contributed by atoms with Crippen LogP contribution < -0.4 is 5.32 Å². The molecular weight excluding hydrogens is 228 g/mol. The lowest BCUT2D eigenvalue weighted by atomic mass is 10.1.